The summed E-state index contributed by atoms with van der Waals surface area (Å²) in [5.74, 6) is -1.19. The fourth-order valence-corrected chi connectivity index (χ4v) is 1.14. The number of carbonyl (C=O) groups is 1. The van der Waals surface area contributed by atoms with Crippen molar-refractivity contribution in [2.24, 2.45) is 0 Å². The van der Waals surface area contributed by atoms with Crippen LogP contribution in [0.3, 0.4) is 0 Å². The molecule has 0 aliphatic heterocycles. The van der Waals surface area contributed by atoms with Crippen LogP contribution in [0.1, 0.15) is 22.2 Å². The van der Waals surface area contributed by atoms with Crippen LogP contribution in [0.5, 0.6) is 0 Å². The molecular weight excluding hydrogens is 207 g/mol. The van der Waals surface area contributed by atoms with Crippen LogP contribution in [0, 0.1) is 0 Å². The van der Waals surface area contributed by atoms with Crippen molar-refractivity contribution in [3.63, 3.8) is 0 Å². The molecule has 0 bridgehead atoms. The molecule has 0 N–H and O–H groups in total. The summed E-state index contributed by atoms with van der Waals surface area (Å²) in [7, 11) is 3.03. The van der Waals surface area contributed by atoms with Crippen LogP contribution in [0.25, 0.3) is 0 Å². The Balaban J connectivity index is 0.00000196. The van der Waals surface area contributed by atoms with E-state index in [1.807, 2.05) is 0 Å². The Morgan fingerprint density at radius 2 is 1.67 bits per heavy atom. The largest absolute Gasteiger partial charge is 1.00 e. The van der Waals surface area contributed by atoms with Gasteiger partial charge in [0.2, 0.25) is 0 Å². The predicted octanol–water partition coefficient (Wildman–Crippen LogP) is -2.65. The van der Waals surface area contributed by atoms with Gasteiger partial charge >= 0.3 is 29.6 Å². The molecule has 1 rings (SSSR count). The number of rotatable bonds is 4. The molecule has 1 aromatic rings. The van der Waals surface area contributed by atoms with Crippen molar-refractivity contribution >= 4 is 5.97 Å². The summed E-state index contributed by atoms with van der Waals surface area (Å²) < 4.78 is 10.0. The van der Waals surface area contributed by atoms with E-state index in [2.05, 4.69) is 0 Å². The molecule has 0 saturated carbocycles. The average Bonchev–Trinajstić information content (AvgIpc) is 2.20. The summed E-state index contributed by atoms with van der Waals surface area (Å²) in [5, 5.41) is 10.4. The third-order valence-corrected chi connectivity index (χ3v) is 1.85. The monoisotopic (exact) mass is 218 g/mol. The molecule has 5 heteroatoms. The quantitative estimate of drug-likeness (QED) is 0.409. The molecule has 15 heavy (non-hydrogen) atoms. The van der Waals surface area contributed by atoms with Gasteiger partial charge in [-0.3, -0.25) is 0 Å². The smallest absolute Gasteiger partial charge is 0.545 e. The van der Waals surface area contributed by atoms with E-state index >= 15 is 0 Å². The van der Waals surface area contributed by atoms with Gasteiger partial charge in [0.25, 0.3) is 0 Å². The molecule has 0 aliphatic rings. The zero-order valence-electron chi connectivity index (χ0n) is 9.02. The summed E-state index contributed by atoms with van der Waals surface area (Å²) in [6.45, 7) is 0. The van der Waals surface area contributed by atoms with Crippen molar-refractivity contribution in [3.05, 3.63) is 35.4 Å². The molecule has 0 heterocycles. The molecule has 0 saturated heterocycles. The van der Waals surface area contributed by atoms with Crippen LogP contribution in [-0.2, 0) is 9.47 Å². The second-order valence-electron chi connectivity index (χ2n) is 2.71. The molecule has 76 valence electrons. The average molecular weight is 218 g/mol. The molecule has 0 spiro atoms. The van der Waals surface area contributed by atoms with Crippen LogP contribution < -0.4 is 34.7 Å². The van der Waals surface area contributed by atoms with Gasteiger partial charge in [0.05, 0.1) is 5.97 Å². The van der Waals surface area contributed by atoms with Crippen molar-refractivity contribution in [1.82, 2.24) is 0 Å². The van der Waals surface area contributed by atoms with Gasteiger partial charge in [0, 0.05) is 19.8 Å². The molecule has 0 radical (unpaired) electrons. The summed E-state index contributed by atoms with van der Waals surface area (Å²) in [5.41, 5.74) is 0.903. The standard InChI is InChI=1S/C10H12O4.Na/c1-13-10(14-2)8-5-3-7(4-6-8)9(11)12;/h3-6,10H,1-2H3,(H,11,12);/q;+1/p-1. The molecule has 0 aromatic heterocycles. The zero-order chi connectivity index (χ0) is 10.6. The SMILES string of the molecule is COC(OC)c1ccc(C(=O)[O-])cc1.[Na+]. The maximum atomic E-state index is 10.4. The maximum Gasteiger partial charge on any atom is 1.00 e. The first-order valence-electron chi connectivity index (χ1n) is 4.06. The van der Waals surface area contributed by atoms with Crippen molar-refractivity contribution in [2.75, 3.05) is 14.2 Å². The predicted molar refractivity (Wildman–Crippen MR) is 47.5 cm³/mol. The molecule has 0 aliphatic carbocycles. The summed E-state index contributed by atoms with van der Waals surface area (Å²) in [4.78, 5) is 10.4. The first-order valence-corrected chi connectivity index (χ1v) is 4.06. The molecule has 0 amide bonds. The van der Waals surface area contributed by atoms with Crippen molar-refractivity contribution in [1.29, 1.82) is 0 Å². The molecule has 1 aromatic carbocycles. The van der Waals surface area contributed by atoms with Gasteiger partial charge in [0.1, 0.15) is 0 Å². The van der Waals surface area contributed by atoms with Crippen molar-refractivity contribution in [3.8, 4) is 0 Å². The fourth-order valence-electron chi connectivity index (χ4n) is 1.14. The van der Waals surface area contributed by atoms with Gasteiger partial charge in [-0.15, -0.1) is 0 Å². The molecule has 0 fully saturated rings. The number of carboxylic acids is 1. The van der Waals surface area contributed by atoms with Gasteiger partial charge in [0.15, 0.2) is 6.29 Å². The number of hydrogen-bond acceptors (Lipinski definition) is 4. The minimum absolute atomic E-state index is 0. The van der Waals surface area contributed by atoms with Crippen LogP contribution >= 0.6 is 0 Å². The Morgan fingerprint density at radius 3 is 2.00 bits per heavy atom. The molecule has 0 atom stereocenters. The normalized spacial score (nSPS) is 9.80. The number of hydrogen-bond donors (Lipinski definition) is 0. The number of carboxylic acid groups (broad SMARTS) is 1. The van der Waals surface area contributed by atoms with E-state index in [1.165, 1.54) is 26.4 Å². The number of benzene rings is 1. The minimum Gasteiger partial charge on any atom is -0.545 e. The second kappa shape index (κ2) is 6.98. The minimum atomic E-state index is -1.19. The Bertz CT molecular complexity index is 306. The number of ether oxygens (including phenoxy) is 2. The number of carbonyl (C=O) groups excluding carboxylic acids is 1. The van der Waals surface area contributed by atoms with Crippen LogP contribution in [0.15, 0.2) is 24.3 Å². The van der Waals surface area contributed by atoms with E-state index < -0.39 is 12.3 Å². The van der Waals surface area contributed by atoms with Gasteiger partial charge in [-0.1, -0.05) is 24.3 Å². The second-order valence-corrected chi connectivity index (χ2v) is 2.71. The van der Waals surface area contributed by atoms with Gasteiger partial charge in [-0.25, -0.2) is 0 Å². The van der Waals surface area contributed by atoms with E-state index in [-0.39, 0.29) is 35.1 Å². The fraction of sp³-hybridized carbons (Fsp3) is 0.300. The van der Waals surface area contributed by atoms with E-state index in [0.29, 0.717) is 0 Å². The van der Waals surface area contributed by atoms with Crippen LogP contribution in [0.2, 0.25) is 0 Å². The first kappa shape index (κ1) is 14.6. The van der Waals surface area contributed by atoms with Crippen LogP contribution in [0.4, 0.5) is 0 Å². The third kappa shape index (κ3) is 3.93. The Kier molecular flexibility index (Phi) is 6.80. The van der Waals surface area contributed by atoms with E-state index in [4.69, 9.17) is 9.47 Å². The molecule has 0 unspecified atom stereocenters. The molecule has 4 nitrogen and oxygen atoms in total. The Labute approximate surface area is 110 Å². The molecular formula is C10H11NaO4. The summed E-state index contributed by atoms with van der Waals surface area (Å²) in [6, 6.07) is 6.16. The first-order chi connectivity index (χ1) is 6.69. The van der Waals surface area contributed by atoms with Gasteiger partial charge < -0.3 is 19.4 Å². The topological polar surface area (TPSA) is 58.6 Å². The zero-order valence-corrected chi connectivity index (χ0v) is 11.0. The Hall–Kier alpha value is -0.390. The summed E-state index contributed by atoms with van der Waals surface area (Å²) >= 11 is 0. The van der Waals surface area contributed by atoms with E-state index in [9.17, 15) is 9.90 Å². The van der Waals surface area contributed by atoms with Crippen molar-refractivity contribution in [2.45, 2.75) is 6.29 Å². The summed E-state index contributed by atoms with van der Waals surface area (Å²) in [6.07, 6.45) is -0.467. The van der Waals surface area contributed by atoms with Gasteiger partial charge in [-0.2, -0.15) is 0 Å². The van der Waals surface area contributed by atoms with Crippen molar-refractivity contribution < 1.29 is 48.9 Å². The number of methoxy groups -OCH3 is 2. The third-order valence-electron chi connectivity index (χ3n) is 1.85. The number of aromatic carboxylic acids is 1. The maximum absolute atomic E-state index is 10.4. The Morgan fingerprint density at radius 1 is 1.20 bits per heavy atom. The van der Waals surface area contributed by atoms with E-state index in [1.54, 1.807) is 12.1 Å². The van der Waals surface area contributed by atoms with Gasteiger partial charge in [-0.05, 0) is 5.56 Å². The van der Waals surface area contributed by atoms with E-state index in [0.717, 1.165) is 5.56 Å². The van der Waals surface area contributed by atoms with Crippen LogP contribution in [-0.4, -0.2) is 20.2 Å².